The van der Waals surface area contributed by atoms with Crippen LogP contribution in [0.5, 0.6) is 11.5 Å². The number of hydrogen-bond acceptors (Lipinski definition) is 5. The molecule has 16 heavy (non-hydrogen) atoms. The van der Waals surface area contributed by atoms with Crippen LogP contribution in [0.15, 0.2) is 12.1 Å². The van der Waals surface area contributed by atoms with Gasteiger partial charge in [0.2, 0.25) is 0 Å². The van der Waals surface area contributed by atoms with E-state index in [1.807, 2.05) is 13.0 Å². The summed E-state index contributed by atoms with van der Waals surface area (Å²) in [6.07, 6.45) is 0.762. The van der Waals surface area contributed by atoms with E-state index in [0.717, 1.165) is 17.5 Å². The maximum atomic E-state index is 9.68. The highest BCUT2D eigenvalue weighted by Crippen LogP contribution is 2.39. The Labute approximate surface area is 113 Å². The van der Waals surface area contributed by atoms with Crippen LogP contribution in [-0.4, -0.2) is 16.8 Å². The third kappa shape index (κ3) is 2.76. The molecule has 1 N–H and O–H groups in total. The first-order valence-electron chi connectivity index (χ1n) is 4.95. The fraction of sp³-hybridized carbons (Fsp3) is 0.455. The second-order valence-electron chi connectivity index (χ2n) is 3.40. The normalized spacial score (nSPS) is 12.9. The lowest BCUT2D eigenvalue weighted by Gasteiger charge is -2.20. The summed E-state index contributed by atoms with van der Waals surface area (Å²) in [5.41, 5.74) is 1.95. The van der Waals surface area contributed by atoms with Crippen LogP contribution < -0.4 is 4.74 Å². The van der Waals surface area contributed by atoms with Crippen molar-refractivity contribution in [3.05, 3.63) is 23.3 Å². The van der Waals surface area contributed by atoms with Crippen molar-refractivity contribution in [2.45, 2.75) is 23.2 Å². The van der Waals surface area contributed by atoms with Gasteiger partial charge in [-0.05, 0) is 18.1 Å². The van der Waals surface area contributed by atoms with Gasteiger partial charge in [-0.15, -0.1) is 0 Å². The van der Waals surface area contributed by atoms with E-state index >= 15 is 0 Å². The van der Waals surface area contributed by atoms with E-state index in [2.05, 4.69) is 37.9 Å². The van der Waals surface area contributed by atoms with Gasteiger partial charge >= 0.3 is 0 Å². The lowest BCUT2D eigenvalue weighted by atomic mass is 10.0. The van der Waals surface area contributed by atoms with E-state index in [1.54, 1.807) is 13.2 Å². The smallest absolute Gasteiger partial charge is 0.163 e. The predicted octanol–water partition coefficient (Wildman–Crippen LogP) is 3.12. The summed E-state index contributed by atoms with van der Waals surface area (Å²) in [7, 11) is 1.55. The van der Waals surface area contributed by atoms with E-state index in [9.17, 15) is 5.11 Å². The van der Waals surface area contributed by atoms with Gasteiger partial charge in [-0.2, -0.15) is 37.9 Å². The molecule has 0 aliphatic carbocycles. The fourth-order valence-corrected chi connectivity index (χ4v) is 2.22. The summed E-state index contributed by atoms with van der Waals surface area (Å²) in [4.78, 5) is 0. The first kappa shape index (κ1) is 13.9. The zero-order chi connectivity index (χ0) is 12.3. The van der Waals surface area contributed by atoms with Crippen molar-refractivity contribution >= 4 is 37.9 Å². The second-order valence-corrected chi connectivity index (χ2v) is 5.47. The molecule has 0 heterocycles. The largest absolute Gasteiger partial charge is 0.504 e. The molecule has 0 saturated heterocycles. The minimum absolute atomic E-state index is 0.101. The first-order chi connectivity index (χ1) is 7.52. The SMILES string of the molecule is CCc1c(C(S)C(S)S)ccc(O)c1OC. The van der Waals surface area contributed by atoms with Crippen LogP contribution in [0.3, 0.4) is 0 Å². The minimum Gasteiger partial charge on any atom is -0.504 e. The minimum atomic E-state index is -0.164. The summed E-state index contributed by atoms with van der Waals surface area (Å²) in [5.74, 6) is 0.667. The topological polar surface area (TPSA) is 29.5 Å². The number of aromatic hydroxyl groups is 1. The summed E-state index contributed by atoms with van der Waals surface area (Å²) in [6.45, 7) is 2.01. The van der Waals surface area contributed by atoms with Crippen molar-refractivity contribution in [3.8, 4) is 11.5 Å². The van der Waals surface area contributed by atoms with Crippen LogP contribution in [-0.2, 0) is 6.42 Å². The van der Waals surface area contributed by atoms with E-state index < -0.39 is 0 Å². The van der Waals surface area contributed by atoms with E-state index in [4.69, 9.17) is 4.74 Å². The third-order valence-electron chi connectivity index (χ3n) is 2.43. The van der Waals surface area contributed by atoms with Gasteiger partial charge in [-0.3, -0.25) is 0 Å². The van der Waals surface area contributed by atoms with Crippen LogP contribution in [0.25, 0.3) is 0 Å². The highest BCUT2D eigenvalue weighted by Gasteiger charge is 2.20. The zero-order valence-corrected chi connectivity index (χ0v) is 11.9. The molecule has 0 bridgehead atoms. The van der Waals surface area contributed by atoms with Gasteiger partial charge in [0.1, 0.15) is 0 Å². The Morgan fingerprint density at radius 1 is 1.31 bits per heavy atom. The Bertz CT molecular complexity index is 366. The quantitative estimate of drug-likeness (QED) is 0.503. The molecule has 2 nitrogen and oxygen atoms in total. The maximum absolute atomic E-state index is 9.68. The van der Waals surface area contributed by atoms with Crippen LogP contribution >= 0.6 is 37.9 Å². The van der Waals surface area contributed by atoms with Crippen molar-refractivity contribution in [2.75, 3.05) is 7.11 Å². The van der Waals surface area contributed by atoms with Crippen LogP contribution in [0.1, 0.15) is 23.3 Å². The molecule has 0 spiro atoms. The molecule has 0 aromatic heterocycles. The summed E-state index contributed by atoms with van der Waals surface area (Å²) < 4.78 is 5.04. The molecular weight excluding hydrogens is 260 g/mol. The number of hydrogen-bond donors (Lipinski definition) is 4. The average molecular weight is 276 g/mol. The predicted molar refractivity (Wildman–Crippen MR) is 77.5 cm³/mol. The third-order valence-corrected chi connectivity index (χ3v) is 4.08. The summed E-state index contributed by atoms with van der Waals surface area (Å²) in [6, 6.07) is 3.45. The molecule has 1 aromatic rings. The van der Waals surface area contributed by atoms with Crippen molar-refractivity contribution in [1.29, 1.82) is 0 Å². The Morgan fingerprint density at radius 3 is 2.38 bits per heavy atom. The van der Waals surface area contributed by atoms with Gasteiger partial charge in [0.25, 0.3) is 0 Å². The van der Waals surface area contributed by atoms with Crippen molar-refractivity contribution < 1.29 is 9.84 Å². The summed E-state index contributed by atoms with van der Waals surface area (Å²) >= 11 is 13.0. The number of phenolic OH excluding ortho intramolecular Hbond substituents is 1. The Hall–Kier alpha value is -0.130. The molecule has 1 aromatic carbocycles. The lowest BCUT2D eigenvalue weighted by molar-refractivity contribution is 0.369. The second kappa shape index (κ2) is 5.98. The fourth-order valence-electron chi connectivity index (χ4n) is 1.66. The lowest BCUT2D eigenvalue weighted by Crippen LogP contribution is -2.05. The van der Waals surface area contributed by atoms with Gasteiger partial charge in [-0.25, -0.2) is 0 Å². The molecule has 5 heteroatoms. The molecule has 1 unspecified atom stereocenters. The molecule has 0 fully saturated rings. The maximum Gasteiger partial charge on any atom is 0.163 e. The highest BCUT2D eigenvalue weighted by molar-refractivity contribution is 8.00. The first-order valence-corrected chi connectivity index (χ1v) is 6.50. The van der Waals surface area contributed by atoms with Crippen LogP contribution in [0.2, 0.25) is 0 Å². The van der Waals surface area contributed by atoms with Crippen molar-refractivity contribution in [3.63, 3.8) is 0 Å². The number of rotatable bonds is 4. The zero-order valence-electron chi connectivity index (χ0n) is 9.21. The average Bonchev–Trinajstić information content (AvgIpc) is 2.27. The van der Waals surface area contributed by atoms with Crippen molar-refractivity contribution in [1.82, 2.24) is 0 Å². The van der Waals surface area contributed by atoms with E-state index in [0.29, 0.717) is 5.75 Å². The number of methoxy groups -OCH3 is 1. The number of benzene rings is 1. The molecule has 0 aliphatic heterocycles. The van der Waals surface area contributed by atoms with Gasteiger partial charge in [-0.1, -0.05) is 13.0 Å². The molecule has 90 valence electrons. The Kier molecular flexibility index (Phi) is 5.21. The molecule has 1 rings (SSSR count). The van der Waals surface area contributed by atoms with Gasteiger partial charge < -0.3 is 9.84 Å². The van der Waals surface area contributed by atoms with Gasteiger partial charge in [0, 0.05) is 10.8 Å². The standard InChI is InChI=1S/C11H16O2S3/c1-3-6-7(10(14)11(15)16)4-5-8(12)9(6)13-2/h4-5,10-12,14-16H,3H2,1-2H3. The Balaban J connectivity index is 3.29. The number of ether oxygens (including phenoxy) is 1. The molecule has 0 aliphatic rings. The molecule has 1 atom stereocenters. The summed E-state index contributed by atoms with van der Waals surface area (Å²) in [5, 5.41) is 9.58. The Morgan fingerprint density at radius 2 is 1.94 bits per heavy atom. The van der Waals surface area contributed by atoms with Gasteiger partial charge in [0.15, 0.2) is 11.5 Å². The molecular formula is C11H16O2S3. The van der Waals surface area contributed by atoms with E-state index in [1.165, 1.54) is 0 Å². The molecule has 0 radical (unpaired) electrons. The van der Waals surface area contributed by atoms with Crippen molar-refractivity contribution in [2.24, 2.45) is 0 Å². The molecule has 0 saturated carbocycles. The van der Waals surface area contributed by atoms with E-state index in [-0.39, 0.29) is 15.6 Å². The number of phenols is 1. The monoisotopic (exact) mass is 276 g/mol. The van der Waals surface area contributed by atoms with Crippen LogP contribution in [0.4, 0.5) is 0 Å². The van der Waals surface area contributed by atoms with Crippen LogP contribution in [0, 0.1) is 0 Å². The molecule has 0 amide bonds. The highest BCUT2D eigenvalue weighted by atomic mass is 32.2. The number of thiol groups is 3. The van der Waals surface area contributed by atoms with Gasteiger partial charge in [0.05, 0.1) is 11.7 Å².